The zero-order valence-electron chi connectivity index (χ0n) is 42.5. The molecule has 0 bridgehead atoms. The lowest BCUT2D eigenvalue weighted by molar-refractivity contribution is 0.590. The van der Waals surface area contributed by atoms with Crippen molar-refractivity contribution in [1.29, 1.82) is 0 Å². The van der Waals surface area contributed by atoms with Crippen molar-refractivity contribution in [1.82, 2.24) is 9.13 Å². The van der Waals surface area contributed by atoms with Crippen LogP contribution in [0.2, 0.25) is 0 Å². The molecule has 0 saturated heterocycles. The molecule has 11 aromatic rings. The van der Waals surface area contributed by atoms with E-state index in [1.165, 1.54) is 147 Å². The summed E-state index contributed by atoms with van der Waals surface area (Å²) in [6.45, 7) is 28.4. The van der Waals surface area contributed by atoms with Gasteiger partial charge in [0.25, 0.3) is 13.4 Å². The van der Waals surface area contributed by atoms with Crippen LogP contribution in [0.1, 0.15) is 105 Å². The van der Waals surface area contributed by atoms with E-state index in [2.05, 4.69) is 225 Å². The smallest absolute Gasteiger partial charge is 0.252 e. The standard InChI is InChI=1S/C64H57B2N3S/c1-61(2,3)34-20-24-38(25-21-34)67-49-27-23-36(63(7,8)9)30-45(49)65-44-18-15-17-40-53-58-47(32-43-39-16-13-14-19-52(39)70-60(43)53)66-46-31-37(64(10,11)12)29-42-41-28-35(62(4,5)6)22-26-48(41)68(57(42)46)51-33-50(67)54(65)59(55(51)66)69(58)56(40)44/h13-33H,1-12H3. The Hall–Kier alpha value is -6.49. The fourth-order valence-corrected chi connectivity index (χ4v) is 14.7. The lowest BCUT2D eigenvalue weighted by Gasteiger charge is -2.45. The molecule has 70 heavy (non-hydrogen) atoms. The van der Waals surface area contributed by atoms with E-state index in [1.54, 1.807) is 0 Å². The van der Waals surface area contributed by atoms with E-state index in [1.807, 2.05) is 11.3 Å². The van der Waals surface area contributed by atoms with Crippen molar-refractivity contribution < 1.29 is 0 Å². The minimum absolute atomic E-state index is 0.00475. The Labute approximate surface area is 415 Å². The monoisotopic (exact) mass is 921 g/mol. The minimum atomic E-state index is -0.0605. The Kier molecular flexibility index (Phi) is 7.60. The van der Waals surface area contributed by atoms with Gasteiger partial charge in [0.2, 0.25) is 0 Å². The topological polar surface area (TPSA) is 13.1 Å². The summed E-state index contributed by atoms with van der Waals surface area (Å²) in [5.74, 6) is 0. The van der Waals surface area contributed by atoms with Crippen LogP contribution in [-0.2, 0) is 21.7 Å². The number of nitrogens with zero attached hydrogens (tertiary/aromatic N) is 3. The summed E-state index contributed by atoms with van der Waals surface area (Å²) in [7, 11) is 0. The predicted octanol–water partition coefficient (Wildman–Crippen LogP) is 13.2. The number of aromatic nitrogens is 2. The van der Waals surface area contributed by atoms with Gasteiger partial charge in [0.15, 0.2) is 0 Å². The molecule has 6 heteroatoms. The third kappa shape index (κ3) is 5.08. The SMILES string of the molecule is CC(C)(C)c1ccc(N2c3ccc(C(C)(C)C)cc3B3c4c2cc2c5c4-n4c6c3cccc6c3c6sc7ccccc7c6cc(c34)B5c3cc(C(C)(C)C)cc4c5cc(C(C)(C)C)ccc5n-2c34)cc1. The summed E-state index contributed by atoms with van der Waals surface area (Å²) in [5, 5.41) is 8.23. The van der Waals surface area contributed by atoms with Gasteiger partial charge in [0.05, 0.1) is 11.0 Å². The summed E-state index contributed by atoms with van der Waals surface area (Å²) in [6.07, 6.45) is 0. The molecular weight excluding hydrogens is 864 g/mol. The molecule has 0 saturated carbocycles. The van der Waals surface area contributed by atoms with Crippen LogP contribution in [0, 0.1) is 0 Å². The molecule has 3 nitrogen and oxygen atoms in total. The molecule has 7 heterocycles. The molecule has 15 rings (SSSR count). The van der Waals surface area contributed by atoms with Crippen LogP contribution in [0.4, 0.5) is 17.1 Å². The number of benzene rings is 8. The number of hydrogen-bond acceptors (Lipinski definition) is 2. The first kappa shape index (κ1) is 41.3. The molecule has 0 aliphatic carbocycles. The third-order valence-corrected chi connectivity index (χ3v) is 18.3. The summed E-state index contributed by atoms with van der Waals surface area (Å²) in [5.41, 5.74) is 25.8. The molecule has 0 unspecified atom stereocenters. The van der Waals surface area contributed by atoms with Gasteiger partial charge >= 0.3 is 0 Å². The van der Waals surface area contributed by atoms with E-state index in [-0.39, 0.29) is 35.1 Å². The van der Waals surface area contributed by atoms with E-state index in [0.717, 1.165) is 0 Å². The molecule has 340 valence electrons. The molecule has 0 radical (unpaired) electrons. The Morgan fingerprint density at radius 1 is 0.400 bits per heavy atom. The molecule has 3 aromatic heterocycles. The summed E-state index contributed by atoms with van der Waals surface area (Å²) in [6, 6.07) is 51.2. The normalized spacial score (nSPS) is 14.8. The molecule has 4 aliphatic heterocycles. The van der Waals surface area contributed by atoms with Crippen LogP contribution < -0.4 is 37.7 Å². The first-order valence-electron chi connectivity index (χ1n) is 25.6. The number of hydrogen-bond donors (Lipinski definition) is 0. The highest BCUT2D eigenvalue weighted by atomic mass is 32.1. The molecule has 4 aliphatic rings. The Balaban J connectivity index is 1.19. The second-order valence-corrected chi connectivity index (χ2v) is 26.4. The van der Waals surface area contributed by atoms with E-state index >= 15 is 0 Å². The molecule has 0 fully saturated rings. The molecule has 0 N–H and O–H groups in total. The second kappa shape index (κ2) is 12.9. The first-order chi connectivity index (χ1) is 33.3. The third-order valence-electron chi connectivity index (χ3n) is 17.1. The van der Waals surface area contributed by atoms with Crippen LogP contribution in [0.15, 0.2) is 127 Å². The fraction of sp³-hybridized carbons (Fsp3) is 0.250. The maximum absolute atomic E-state index is 2.79. The van der Waals surface area contributed by atoms with Crippen molar-refractivity contribution in [3.05, 3.63) is 150 Å². The molecule has 0 atom stereocenters. The van der Waals surface area contributed by atoms with Crippen molar-refractivity contribution >= 4 is 138 Å². The summed E-state index contributed by atoms with van der Waals surface area (Å²) in [4.78, 5) is 2.64. The van der Waals surface area contributed by atoms with Crippen molar-refractivity contribution in [2.45, 2.75) is 105 Å². The maximum atomic E-state index is 2.79. The van der Waals surface area contributed by atoms with Crippen LogP contribution in [0.3, 0.4) is 0 Å². The van der Waals surface area contributed by atoms with Gasteiger partial charge in [0, 0.05) is 81.2 Å². The van der Waals surface area contributed by atoms with E-state index in [0.29, 0.717) is 0 Å². The predicted molar refractivity (Wildman–Crippen MR) is 307 cm³/mol. The van der Waals surface area contributed by atoms with Crippen molar-refractivity contribution in [2.24, 2.45) is 0 Å². The zero-order chi connectivity index (χ0) is 48.0. The lowest BCUT2D eigenvalue weighted by Crippen LogP contribution is -2.67. The number of anilines is 3. The van der Waals surface area contributed by atoms with Crippen LogP contribution in [0.25, 0.3) is 75.2 Å². The largest absolute Gasteiger partial charge is 0.311 e. The van der Waals surface area contributed by atoms with Crippen molar-refractivity contribution in [3.63, 3.8) is 0 Å². The van der Waals surface area contributed by atoms with Gasteiger partial charge in [-0.3, -0.25) is 0 Å². The average Bonchev–Trinajstić information content (AvgIpc) is 3.98. The summed E-state index contributed by atoms with van der Waals surface area (Å²) >= 11 is 1.98. The highest BCUT2D eigenvalue weighted by Crippen LogP contribution is 2.49. The van der Waals surface area contributed by atoms with Gasteiger partial charge in [-0.05, 0) is 125 Å². The van der Waals surface area contributed by atoms with Crippen LogP contribution in [0.5, 0.6) is 0 Å². The zero-order valence-corrected chi connectivity index (χ0v) is 43.3. The van der Waals surface area contributed by atoms with Crippen LogP contribution >= 0.6 is 11.3 Å². The number of para-hydroxylation sites is 1. The van der Waals surface area contributed by atoms with E-state index < -0.39 is 0 Å². The minimum Gasteiger partial charge on any atom is -0.311 e. The van der Waals surface area contributed by atoms with Gasteiger partial charge in [-0.25, -0.2) is 0 Å². The average molecular weight is 922 g/mol. The number of rotatable bonds is 1. The highest BCUT2D eigenvalue weighted by molar-refractivity contribution is 7.27. The van der Waals surface area contributed by atoms with Gasteiger partial charge in [-0.2, -0.15) is 0 Å². The first-order valence-corrected chi connectivity index (χ1v) is 26.4. The molecule has 0 spiro atoms. The summed E-state index contributed by atoms with van der Waals surface area (Å²) < 4.78 is 8.26. The van der Waals surface area contributed by atoms with Gasteiger partial charge in [-0.1, -0.05) is 162 Å². The number of thiophene rings is 1. The quantitative estimate of drug-likeness (QED) is 0.150. The maximum Gasteiger partial charge on any atom is 0.252 e. The second-order valence-electron chi connectivity index (χ2n) is 25.4. The van der Waals surface area contributed by atoms with Crippen LogP contribution in [-0.4, -0.2) is 22.6 Å². The van der Waals surface area contributed by atoms with E-state index in [4.69, 9.17) is 0 Å². The molecule has 0 amide bonds. The Morgan fingerprint density at radius 3 is 1.74 bits per heavy atom. The molecular formula is C64H57B2N3S. The molecule has 8 aromatic carbocycles. The van der Waals surface area contributed by atoms with Gasteiger partial charge < -0.3 is 14.0 Å². The lowest BCUT2D eigenvalue weighted by atomic mass is 9.29. The van der Waals surface area contributed by atoms with Crippen molar-refractivity contribution in [2.75, 3.05) is 4.90 Å². The highest BCUT2D eigenvalue weighted by Gasteiger charge is 2.50. The Bertz CT molecular complexity index is 4230. The van der Waals surface area contributed by atoms with Crippen molar-refractivity contribution in [3.8, 4) is 11.4 Å². The van der Waals surface area contributed by atoms with E-state index in [9.17, 15) is 0 Å². The Morgan fingerprint density at radius 2 is 1.00 bits per heavy atom. The van der Waals surface area contributed by atoms with Gasteiger partial charge in [0.1, 0.15) is 0 Å². The van der Waals surface area contributed by atoms with Gasteiger partial charge in [-0.15, -0.1) is 11.3 Å². The number of fused-ring (bicyclic) bond motifs is 14. The fourth-order valence-electron chi connectivity index (χ4n) is 13.5.